The number of rotatable bonds is 5. The molecule has 10 heteroatoms. The first-order valence-corrected chi connectivity index (χ1v) is 13.0. The Labute approximate surface area is 184 Å². The summed E-state index contributed by atoms with van der Waals surface area (Å²) in [4.78, 5) is 4.27. The molecule has 1 aliphatic heterocycles. The smallest absolute Gasteiger partial charge is 0.146 e. The van der Waals surface area contributed by atoms with Crippen molar-refractivity contribution in [2.45, 2.75) is 68.9 Å². The van der Waals surface area contributed by atoms with E-state index >= 15 is 0 Å². The van der Waals surface area contributed by atoms with E-state index < -0.39 is 41.6 Å². The van der Waals surface area contributed by atoms with Gasteiger partial charge in [0.2, 0.25) is 0 Å². The highest BCUT2D eigenvalue weighted by molar-refractivity contribution is 9.10. The van der Waals surface area contributed by atoms with Gasteiger partial charge in [-0.05, 0) is 81.9 Å². The first-order chi connectivity index (χ1) is 13.3. The van der Waals surface area contributed by atoms with Gasteiger partial charge in [-0.1, -0.05) is 0 Å². The van der Waals surface area contributed by atoms with Gasteiger partial charge >= 0.3 is 0 Å². The van der Waals surface area contributed by atoms with Crippen LogP contribution < -0.4 is 4.72 Å². The van der Waals surface area contributed by atoms with Gasteiger partial charge in [0, 0.05) is 6.54 Å². The van der Waals surface area contributed by atoms with Crippen molar-refractivity contribution < 1.29 is 12.8 Å². The fourth-order valence-corrected chi connectivity index (χ4v) is 7.12. The van der Waals surface area contributed by atoms with Gasteiger partial charge in [-0.25, -0.2) is 26.9 Å². The molecular formula is C19H28BrFN4O2S2. The molecule has 0 radical (unpaired) electrons. The summed E-state index contributed by atoms with van der Waals surface area (Å²) in [5, 5.41) is 9.82. The first-order valence-electron chi connectivity index (χ1n) is 9.40. The Balaban J connectivity index is 2.66. The molecule has 6 nitrogen and oxygen atoms in total. The maximum absolute atomic E-state index is 14.8. The van der Waals surface area contributed by atoms with Crippen molar-refractivity contribution in [1.29, 1.82) is 5.26 Å². The maximum Gasteiger partial charge on any atom is 0.146 e. The zero-order valence-electron chi connectivity index (χ0n) is 17.4. The topological polar surface area (TPSA) is 95.2 Å². The Kier molecular flexibility index (Phi) is 7.31. The van der Waals surface area contributed by atoms with E-state index in [-0.39, 0.29) is 11.4 Å². The summed E-state index contributed by atoms with van der Waals surface area (Å²) in [5.41, 5.74) is -1.37. The molecule has 0 bridgehead atoms. The second-order valence-electron chi connectivity index (χ2n) is 8.72. The summed E-state index contributed by atoms with van der Waals surface area (Å²) >= 11 is 3.25. The molecule has 0 spiro atoms. The van der Waals surface area contributed by atoms with Gasteiger partial charge in [-0.3, -0.25) is 0 Å². The minimum atomic E-state index is -3.10. The molecule has 0 aromatic carbocycles. The molecule has 1 N–H and O–H groups in total. The number of aromatic nitrogens is 1. The summed E-state index contributed by atoms with van der Waals surface area (Å²) in [6, 6.07) is 4.92. The normalized spacial score (nSPS) is 28.5. The van der Waals surface area contributed by atoms with Crippen LogP contribution in [0.15, 0.2) is 21.1 Å². The maximum atomic E-state index is 14.8. The van der Waals surface area contributed by atoms with Crippen LogP contribution >= 0.6 is 15.9 Å². The average molecular weight is 507 g/mol. The summed E-state index contributed by atoms with van der Waals surface area (Å²) in [6.45, 7) is 9.02. The predicted molar refractivity (Wildman–Crippen MR) is 118 cm³/mol. The number of pyridine rings is 1. The van der Waals surface area contributed by atoms with E-state index in [1.54, 1.807) is 34.6 Å². The molecule has 0 fully saturated rings. The largest absolute Gasteiger partial charge is 0.248 e. The van der Waals surface area contributed by atoms with Gasteiger partial charge < -0.3 is 0 Å². The van der Waals surface area contributed by atoms with Gasteiger partial charge in [-0.2, -0.15) is 5.26 Å². The third-order valence-electron chi connectivity index (χ3n) is 5.00. The summed E-state index contributed by atoms with van der Waals surface area (Å²) in [7, 11) is -4.70. The van der Waals surface area contributed by atoms with E-state index in [2.05, 4.69) is 36.1 Å². The second kappa shape index (κ2) is 8.69. The van der Waals surface area contributed by atoms with Gasteiger partial charge in [0.15, 0.2) is 0 Å². The van der Waals surface area contributed by atoms with E-state index in [9.17, 15) is 18.1 Å². The number of nitrogens with one attached hydrogen (secondary N) is 1. The van der Waals surface area contributed by atoms with Crippen LogP contribution in [-0.2, 0) is 26.3 Å². The lowest BCUT2D eigenvalue weighted by Crippen LogP contribution is -2.53. The molecule has 0 saturated heterocycles. The number of hydrogen-bond donors (Lipinski definition) is 1. The molecule has 1 aromatic rings. The van der Waals surface area contributed by atoms with Crippen molar-refractivity contribution in [3.63, 3.8) is 0 Å². The lowest BCUT2D eigenvalue weighted by molar-refractivity contribution is 0.439. The minimum absolute atomic E-state index is 0.00747. The summed E-state index contributed by atoms with van der Waals surface area (Å²) in [6.07, 6.45) is 1.93. The Morgan fingerprint density at radius 1 is 1.38 bits per heavy atom. The van der Waals surface area contributed by atoms with Crippen LogP contribution in [-0.4, -0.2) is 35.2 Å². The molecule has 162 valence electrons. The van der Waals surface area contributed by atoms with Crippen LogP contribution in [0.2, 0.25) is 0 Å². The van der Waals surface area contributed by atoms with Crippen LogP contribution in [0.25, 0.3) is 0 Å². The van der Waals surface area contributed by atoms with Crippen LogP contribution in [0.1, 0.15) is 59.6 Å². The monoisotopic (exact) mass is 506 g/mol. The zero-order chi connectivity index (χ0) is 22.1. The lowest BCUT2D eigenvalue weighted by atomic mass is 10.0. The molecule has 0 saturated carbocycles. The molecule has 0 aliphatic carbocycles. The average Bonchev–Trinajstić information content (AvgIpc) is 2.75. The summed E-state index contributed by atoms with van der Waals surface area (Å²) in [5.74, 6) is -0.781. The van der Waals surface area contributed by atoms with Gasteiger partial charge in [-0.15, -0.1) is 0 Å². The van der Waals surface area contributed by atoms with Crippen molar-refractivity contribution in [2.75, 3.05) is 12.3 Å². The third-order valence-corrected chi connectivity index (χ3v) is 10.5. The predicted octanol–water partition coefficient (Wildman–Crippen LogP) is 4.18. The number of hydrogen-bond acceptors (Lipinski definition) is 5. The highest BCUT2D eigenvalue weighted by Crippen LogP contribution is 2.35. The number of halogens is 2. The van der Waals surface area contributed by atoms with E-state index in [1.807, 2.05) is 0 Å². The van der Waals surface area contributed by atoms with Gasteiger partial charge in [0.1, 0.15) is 15.2 Å². The zero-order valence-corrected chi connectivity index (χ0v) is 20.6. The number of nitriles is 1. The van der Waals surface area contributed by atoms with E-state index in [4.69, 9.17) is 0 Å². The van der Waals surface area contributed by atoms with Crippen molar-refractivity contribution >= 4 is 36.6 Å². The quantitative estimate of drug-likeness (QED) is 0.605. The van der Waals surface area contributed by atoms with Gasteiger partial charge in [0.05, 0.1) is 48.5 Å². The van der Waals surface area contributed by atoms with Crippen molar-refractivity contribution in [1.82, 2.24) is 9.71 Å². The van der Waals surface area contributed by atoms with Crippen molar-refractivity contribution in [3.05, 3.63) is 28.2 Å². The van der Waals surface area contributed by atoms with Crippen LogP contribution in [0.5, 0.6) is 0 Å². The SMILES string of the molecule is CC(CS1(=O)=NCCCCC1(C)C#N)(N[S@@](=O)C(C)(C)C)c1nc(Br)ccc1F. The molecule has 2 heterocycles. The Hall–Kier alpha value is -0.890. The molecular weight excluding hydrogens is 479 g/mol. The van der Waals surface area contributed by atoms with E-state index in [0.717, 1.165) is 12.8 Å². The molecule has 1 aromatic heterocycles. The molecule has 2 rings (SSSR count). The highest BCUT2D eigenvalue weighted by atomic mass is 79.9. The molecule has 4 atom stereocenters. The second-order valence-corrected chi connectivity index (χ2v) is 14.2. The lowest BCUT2D eigenvalue weighted by Gasteiger charge is -2.36. The number of nitrogens with zero attached hydrogens (tertiary/aromatic N) is 3. The Bertz CT molecular complexity index is 966. The van der Waals surface area contributed by atoms with Crippen LogP contribution in [0.4, 0.5) is 4.39 Å². The Morgan fingerprint density at radius 3 is 2.62 bits per heavy atom. The van der Waals surface area contributed by atoms with Crippen molar-refractivity contribution in [3.8, 4) is 6.07 Å². The fourth-order valence-electron chi connectivity index (χ4n) is 3.12. The van der Waals surface area contributed by atoms with Gasteiger partial charge in [0.25, 0.3) is 0 Å². The Morgan fingerprint density at radius 2 is 2.03 bits per heavy atom. The third kappa shape index (κ3) is 5.24. The molecule has 0 amide bonds. The van der Waals surface area contributed by atoms with Crippen LogP contribution in [0.3, 0.4) is 0 Å². The highest BCUT2D eigenvalue weighted by Gasteiger charge is 2.46. The molecule has 1 aliphatic rings. The first kappa shape index (κ1) is 24.4. The molecule has 3 unspecified atom stereocenters. The van der Waals surface area contributed by atoms with E-state index in [0.29, 0.717) is 17.6 Å². The van der Waals surface area contributed by atoms with Crippen LogP contribution in [0, 0.1) is 17.1 Å². The molecule has 29 heavy (non-hydrogen) atoms. The van der Waals surface area contributed by atoms with E-state index in [1.165, 1.54) is 12.1 Å². The standard InChI is InChI=1S/C19H28BrFN4O2S2/c1-17(2,3)28(26)25-19(5,16-14(21)8-9-15(20)24-16)13-29(27)18(4,12-22)10-6-7-11-23-29/h8-9,25H,6-7,10-11,13H2,1-5H3/t18?,19?,28-,29?/m0/s1. The summed E-state index contributed by atoms with van der Waals surface area (Å²) < 4.78 is 47.8. The fraction of sp³-hybridized carbons (Fsp3) is 0.684. The minimum Gasteiger partial charge on any atom is -0.248 e. The van der Waals surface area contributed by atoms with Crippen molar-refractivity contribution in [2.24, 2.45) is 4.36 Å².